The molecule has 2 heterocycles. The lowest BCUT2D eigenvalue weighted by molar-refractivity contribution is -0.113. The van der Waals surface area contributed by atoms with Crippen LogP contribution in [0.1, 0.15) is 55.9 Å². The molecule has 1 N–H and O–H groups in total. The van der Waals surface area contributed by atoms with Crippen molar-refractivity contribution in [3.8, 4) is 0 Å². The van der Waals surface area contributed by atoms with Crippen LogP contribution < -0.4 is 0 Å². The number of hydrogen-bond donors (Lipinski definition) is 1. The zero-order chi connectivity index (χ0) is 13.3. The van der Waals surface area contributed by atoms with Gasteiger partial charge in [0.05, 0.1) is 17.4 Å². The predicted molar refractivity (Wildman–Crippen MR) is 73.8 cm³/mol. The maximum Gasteiger partial charge on any atom is 0.0989 e. The first-order valence-electron chi connectivity index (χ1n) is 7.43. The number of aliphatic hydroxyl groups is 1. The van der Waals surface area contributed by atoms with E-state index >= 15 is 0 Å². The summed E-state index contributed by atoms with van der Waals surface area (Å²) >= 11 is 0. The van der Waals surface area contributed by atoms with Crippen LogP contribution >= 0.6 is 0 Å². The summed E-state index contributed by atoms with van der Waals surface area (Å²) in [4.78, 5) is 4.34. The van der Waals surface area contributed by atoms with Crippen LogP contribution in [0.5, 0.6) is 0 Å². The molecular weight excluding hydrogens is 238 g/mol. The van der Waals surface area contributed by atoms with Crippen LogP contribution in [-0.2, 0) is 4.74 Å². The molecule has 1 saturated heterocycles. The second-order valence-corrected chi connectivity index (χ2v) is 6.19. The standard InChI is InChI=1S/C16H23NO2/c1-12-4-8-17-14(10-12)15(18)13-5-9-19-16(11-13)6-2-3-7-16/h4,8,10,13,15,18H,2-3,5-7,9,11H2,1H3. The third-order valence-corrected chi connectivity index (χ3v) is 4.73. The summed E-state index contributed by atoms with van der Waals surface area (Å²) in [6, 6.07) is 3.97. The maximum atomic E-state index is 10.6. The summed E-state index contributed by atoms with van der Waals surface area (Å²) in [5.41, 5.74) is 2.04. The third-order valence-electron chi connectivity index (χ3n) is 4.73. The number of hydrogen-bond acceptors (Lipinski definition) is 3. The highest BCUT2D eigenvalue weighted by Gasteiger charge is 2.42. The van der Waals surface area contributed by atoms with E-state index in [0.29, 0.717) is 5.92 Å². The first kappa shape index (κ1) is 13.1. The fourth-order valence-electron chi connectivity index (χ4n) is 3.67. The molecule has 1 saturated carbocycles. The Bertz CT molecular complexity index is 440. The molecule has 0 bridgehead atoms. The van der Waals surface area contributed by atoms with E-state index in [0.717, 1.165) is 43.5 Å². The zero-order valence-corrected chi connectivity index (χ0v) is 11.6. The van der Waals surface area contributed by atoms with Gasteiger partial charge in [0.25, 0.3) is 0 Å². The van der Waals surface area contributed by atoms with Crippen LogP contribution in [0.15, 0.2) is 18.3 Å². The van der Waals surface area contributed by atoms with Crippen molar-refractivity contribution < 1.29 is 9.84 Å². The van der Waals surface area contributed by atoms with Crippen LogP contribution in [0.4, 0.5) is 0 Å². The normalized spacial score (nSPS) is 27.6. The lowest BCUT2D eigenvalue weighted by Crippen LogP contribution is -2.39. The molecule has 1 aromatic heterocycles. The fraction of sp³-hybridized carbons (Fsp3) is 0.688. The highest BCUT2D eigenvalue weighted by Crippen LogP contribution is 2.45. The van der Waals surface area contributed by atoms with Crippen molar-refractivity contribution in [2.75, 3.05) is 6.61 Å². The van der Waals surface area contributed by atoms with E-state index in [-0.39, 0.29) is 5.60 Å². The number of rotatable bonds is 2. The van der Waals surface area contributed by atoms with Crippen molar-refractivity contribution >= 4 is 0 Å². The second-order valence-electron chi connectivity index (χ2n) is 6.19. The lowest BCUT2D eigenvalue weighted by Gasteiger charge is -2.39. The highest BCUT2D eigenvalue weighted by atomic mass is 16.5. The van der Waals surface area contributed by atoms with Crippen molar-refractivity contribution in [2.45, 2.75) is 57.2 Å². The molecule has 19 heavy (non-hydrogen) atoms. The van der Waals surface area contributed by atoms with Gasteiger partial charge in [-0.05, 0) is 56.2 Å². The first-order valence-corrected chi connectivity index (χ1v) is 7.43. The van der Waals surface area contributed by atoms with Crippen LogP contribution in [0.2, 0.25) is 0 Å². The highest BCUT2D eigenvalue weighted by molar-refractivity contribution is 5.17. The molecule has 0 radical (unpaired) electrons. The SMILES string of the molecule is Cc1ccnc(C(O)C2CCOC3(CCCC3)C2)c1. The van der Waals surface area contributed by atoms with Gasteiger partial charge in [0.15, 0.2) is 0 Å². The average molecular weight is 261 g/mol. The molecule has 1 aliphatic carbocycles. The first-order chi connectivity index (χ1) is 9.19. The zero-order valence-electron chi connectivity index (χ0n) is 11.6. The minimum Gasteiger partial charge on any atom is -0.387 e. The number of aryl methyl sites for hydroxylation is 1. The van der Waals surface area contributed by atoms with Gasteiger partial charge in [0, 0.05) is 12.8 Å². The topological polar surface area (TPSA) is 42.4 Å². The molecule has 2 unspecified atom stereocenters. The Morgan fingerprint density at radius 1 is 1.42 bits per heavy atom. The molecule has 3 heteroatoms. The van der Waals surface area contributed by atoms with E-state index in [1.54, 1.807) is 6.20 Å². The van der Waals surface area contributed by atoms with Crippen LogP contribution in [-0.4, -0.2) is 22.3 Å². The van der Waals surface area contributed by atoms with Crippen molar-refractivity contribution in [1.82, 2.24) is 4.98 Å². The van der Waals surface area contributed by atoms with E-state index in [9.17, 15) is 5.11 Å². The van der Waals surface area contributed by atoms with Gasteiger partial charge in [-0.15, -0.1) is 0 Å². The monoisotopic (exact) mass is 261 g/mol. The molecule has 1 aliphatic heterocycles. The minimum absolute atomic E-state index is 0.0632. The van der Waals surface area contributed by atoms with Gasteiger partial charge >= 0.3 is 0 Å². The maximum absolute atomic E-state index is 10.6. The number of ether oxygens (including phenoxy) is 1. The number of pyridine rings is 1. The van der Waals surface area contributed by atoms with Crippen molar-refractivity contribution in [3.63, 3.8) is 0 Å². The molecule has 2 fully saturated rings. The van der Waals surface area contributed by atoms with Crippen molar-refractivity contribution in [1.29, 1.82) is 0 Å². The Kier molecular flexibility index (Phi) is 3.59. The smallest absolute Gasteiger partial charge is 0.0989 e. The van der Waals surface area contributed by atoms with Crippen LogP contribution in [0, 0.1) is 12.8 Å². The minimum atomic E-state index is -0.443. The van der Waals surface area contributed by atoms with Gasteiger partial charge < -0.3 is 9.84 Å². The summed E-state index contributed by atoms with van der Waals surface area (Å²) in [5, 5.41) is 10.6. The van der Waals surface area contributed by atoms with Crippen LogP contribution in [0.25, 0.3) is 0 Å². The van der Waals surface area contributed by atoms with Gasteiger partial charge in [-0.2, -0.15) is 0 Å². The fourth-order valence-corrected chi connectivity index (χ4v) is 3.67. The molecule has 1 spiro atoms. The number of nitrogens with zero attached hydrogens (tertiary/aromatic N) is 1. The van der Waals surface area contributed by atoms with E-state index in [2.05, 4.69) is 4.98 Å². The Hall–Kier alpha value is -0.930. The molecule has 2 atom stereocenters. The van der Waals surface area contributed by atoms with E-state index in [1.807, 2.05) is 19.1 Å². The molecule has 1 aromatic rings. The van der Waals surface area contributed by atoms with E-state index in [4.69, 9.17) is 4.74 Å². The summed E-state index contributed by atoms with van der Waals surface area (Å²) in [6.45, 7) is 2.83. The van der Waals surface area contributed by atoms with Gasteiger partial charge in [0.2, 0.25) is 0 Å². The van der Waals surface area contributed by atoms with Gasteiger partial charge in [-0.1, -0.05) is 12.8 Å². The molecule has 3 rings (SSSR count). The molecule has 0 aromatic carbocycles. The summed E-state index contributed by atoms with van der Waals surface area (Å²) < 4.78 is 6.03. The van der Waals surface area contributed by atoms with Crippen molar-refractivity contribution in [3.05, 3.63) is 29.6 Å². The Labute approximate surface area is 115 Å². The lowest BCUT2D eigenvalue weighted by atomic mass is 9.80. The molecule has 2 aliphatic rings. The average Bonchev–Trinajstić information content (AvgIpc) is 2.86. The molecular formula is C16H23NO2. The quantitative estimate of drug-likeness (QED) is 0.889. The Morgan fingerprint density at radius 2 is 2.21 bits per heavy atom. The number of aliphatic hydroxyl groups excluding tert-OH is 1. The molecule has 0 amide bonds. The summed E-state index contributed by atoms with van der Waals surface area (Å²) in [5.74, 6) is 0.293. The van der Waals surface area contributed by atoms with Gasteiger partial charge in [-0.3, -0.25) is 4.98 Å². The summed E-state index contributed by atoms with van der Waals surface area (Å²) in [7, 11) is 0. The Balaban J connectivity index is 1.74. The predicted octanol–water partition coefficient (Wildman–Crippen LogP) is 3.16. The van der Waals surface area contributed by atoms with Gasteiger partial charge in [0.1, 0.15) is 0 Å². The van der Waals surface area contributed by atoms with Crippen LogP contribution in [0.3, 0.4) is 0 Å². The van der Waals surface area contributed by atoms with E-state index < -0.39 is 6.10 Å². The second kappa shape index (κ2) is 5.22. The number of aromatic nitrogens is 1. The van der Waals surface area contributed by atoms with Gasteiger partial charge in [-0.25, -0.2) is 0 Å². The van der Waals surface area contributed by atoms with E-state index in [1.165, 1.54) is 12.8 Å². The summed E-state index contributed by atoms with van der Waals surface area (Å²) in [6.07, 6.45) is 8.15. The van der Waals surface area contributed by atoms with Crippen molar-refractivity contribution in [2.24, 2.45) is 5.92 Å². The molecule has 104 valence electrons. The third kappa shape index (κ3) is 2.67. The largest absolute Gasteiger partial charge is 0.387 e. The Morgan fingerprint density at radius 3 is 2.95 bits per heavy atom. The molecule has 3 nitrogen and oxygen atoms in total.